The molecule has 1 amide bonds. The standard InChI is InChI=1S/C17H18F3N5O3/c1-9-7-10(28-16(19)20)8-23-14(9)15(26)25-13-4-3-11(18)12(24-13)5-6-27-17(21)22-2/h3-4,7-8,16H,5-6H2,1-2H3,(H2,21,22)(H,24,25,26). The molecule has 11 heteroatoms. The summed E-state index contributed by atoms with van der Waals surface area (Å²) < 4.78 is 47.6. The lowest BCUT2D eigenvalue weighted by atomic mass is 10.2. The number of ether oxygens (including phenoxy) is 2. The number of nitrogens with one attached hydrogen (secondary N) is 1. The molecule has 0 spiro atoms. The molecule has 0 saturated heterocycles. The molecule has 0 aliphatic carbocycles. The summed E-state index contributed by atoms with van der Waals surface area (Å²) in [5.41, 5.74) is 5.76. The molecular formula is C17H18F3N5O3. The number of nitrogens with zero attached hydrogens (tertiary/aromatic N) is 3. The Hall–Kier alpha value is -3.37. The summed E-state index contributed by atoms with van der Waals surface area (Å²) in [6.07, 6.45) is 1.11. The van der Waals surface area contributed by atoms with Crippen LogP contribution in [-0.4, -0.2) is 42.2 Å². The second kappa shape index (κ2) is 9.53. The van der Waals surface area contributed by atoms with Gasteiger partial charge in [0.1, 0.15) is 23.1 Å². The number of anilines is 1. The summed E-state index contributed by atoms with van der Waals surface area (Å²) in [5, 5.41) is 2.48. The fourth-order valence-corrected chi connectivity index (χ4v) is 2.18. The van der Waals surface area contributed by atoms with Crippen LogP contribution in [0.5, 0.6) is 5.75 Å². The summed E-state index contributed by atoms with van der Waals surface area (Å²) in [6.45, 7) is -1.43. The molecule has 0 bridgehead atoms. The van der Waals surface area contributed by atoms with Crippen LogP contribution in [0, 0.1) is 12.7 Å². The molecule has 0 aromatic carbocycles. The number of hydrogen-bond acceptors (Lipinski definition) is 6. The van der Waals surface area contributed by atoms with Crippen molar-refractivity contribution in [3.63, 3.8) is 0 Å². The van der Waals surface area contributed by atoms with E-state index in [9.17, 15) is 18.0 Å². The number of carbonyl (C=O) groups is 1. The minimum atomic E-state index is -2.99. The van der Waals surface area contributed by atoms with E-state index in [1.165, 1.54) is 26.1 Å². The molecule has 0 fully saturated rings. The van der Waals surface area contributed by atoms with Gasteiger partial charge in [-0.05, 0) is 30.7 Å². The number of aromatic nitrogens is 2. The van der Waals surface area contributed by atoms with Crippen LogP contribution in [0.4, 0.5) is 19.0 Å². The second-order valence-corrected chi connectivity index (χ2v) is 5.45. The Bertz CT molecular complexity index is 877. The predicted molar refractivity (Wildman–Crippen MR) is 95.0 cm³/mol. The number of aryl methyl sites for hydroxylation is 1. The first-order valence-electron chi connectivity index (χ1n) is 8.03. The topological polar surface area (TPSA) is 112 Å². The molecule has 0 radical (unpaired) electrons. The van der Waals surface area contributed by atoms with Crippen molar-refractivity contribution in [1.29, 1.82) is 0 Å². The van der Waals surface area contributed by atoms with Gasteiger partial charge in [0.05, 0.1) is 18.5 Å². The van der Waals surface area contributed by atoms with Gasteiger partial charge < -0.3 is 20.5 Å². The van der Waals surface area contributed by atoms with Crippen molar-refractivity contribution in [2.45, 2.75) is 20.0 Å². The van der Waals surface area contributed by atoms with Gasteiger partial charge in [0.25, 0.3) is 11.9 Å². The molecule has 8 nitrogen and oxygen atoms in total. The van der Waals surface area contributed by atoms with Crippen LogP contribution in [0.3, 0.4) is 0 Å². The van der Waals surface area contributed by atoms with Crippen molar-refractivity contribution in [2.75, 3.05) is 19.0 Å². The zero-order valence-electron chi connectivity index (χ0n) is 15.1. The lowest BCUT2D eigenvalue weighted by Crippen LogP contribution is -2.19. The molecule has 2 heterocycles. The van der Waals surface area contributed by atoms with Gasteiger partial charge in [-0.15, -0.1) is 0 Å². The van der Waals surface area contributed by atoms with Crippen molar-refractivity contribution in [2.24, 2.45) is 10.7 Å². The first kappa shape index (κ1) is 20.9. The van der Waals surface area contributed by atoms with E-state index in [0.717, 1.165) is 12.3 Å². The molecule has 0 aliphatic heterocycles. The Morgan fingerprint density at radius 1 is 1.39 bits per heavy atom. The third-order valence-electron chi connectivity index (χ3n) is 3.46. The number of amides is 1. The van der Waals surface area contributed by atoms with E-state index >= 15 is 0 Å². The smallest absolute Gasteiger partial charge is 0.387 e. The highest BCUT2D eigenvalue weighted by atomic mass is 19.3. The Balaban J connectivity index is 2.08. The zero-order valence-corrected chi connectivity index (χ0v) is 15.1. The quantitative estimate of drug-likeness (QED) is 0.548. The van der Waals surface area contributed by atoms with Crippen LogP contribution in [-0.2, 0) is 11.2 Å². The molecule has 0 saturated carbocycles. The zero-order chi connectivity index (χ0) is 20.7. The molecule has 3 N–H and O–H groups in total. The molecule has 150 valence electrons. The molecule has 28 heavy (non-hydrogen) atoms. The number of nitrogens with two attached hydrogens (primary N) is 1. The number of aliphatic imine (C=N–C) groups is 1. The number of rotatable bonds is 7. The van der Waals surface area contributed by atoms with Gasteiger partial charge in [-0.25, -0.2) is 19.4 Å². The van der Waals surface area contributed by atoms with Gasteiger partial charge in [0, 0.05) is 13.5 Å². The SMILES string of the molecule is C/N=C(/N)OCCc1nc(NC(=O)c2ncc(OC(F)F)cc2C)ccc1F. The molecule has 2 aromatic heterocycles. The van der Waals surface area contributed by atoms with Crippen LogP contribution in [0.2, 0.25) is 0 Å². The molecular weight excluding hydrogens is 379 g/mol. The van der Waals surface area contributed by atoms with Crippen LogP contribution in [0.15, 0.2) is 29.4 Å². The van der Waals surface area contributed by atoms with Crippen LogP contribution < -0.4 is 15.8 Å². The average molecular weight is 397 g/mol. The summed E-state index contributed by atoms with van der Waals surface area (Å²) in [7, 11) is 1.45. The minimum absolute atomic E-state index is 0.00967. The van der Waals surface area contributed by atoms with Gasteiger partial charge in [0.2, 0.25) is 0 Å². The fourth-order valence-electron chi connectivity index (χ4n) is 2.18. The van der Waals surface area contributed by atoms with Crippen molar-refractivity contribution in [1.82, 2.24) is 9.97 Å². The van der Waals surface area contributed by atoms with Gasteiger partial charge >= 0.3 is 6.61 Å². The molecule has 2 rings (SSSR count). The normalized spacial score (nSPS) is 11.4. The van der Waals surface area contributed by atoms with Crippen LogP contribution >= 0.6 is 0 Å². The fraction of sp³-hybridized carbons (Fsp3) is 0.294. The molecule has 0 aliphatic rings. The Labute approximate surface area is 158 Å². The lowest BCUT2D eigenvalue weighted by Gasteiger charge is -2.10. The summed E-state index contributed by atoms with van der Waals surface area (Å²) >= 11 is 0. The summed E-state index contributed by atoms with van der Waals surface area (Å²) in [5.74, 6) is -1.28. The lowest BCUT2D eigenvalue weighted by molar-refractivity contribution is -0.0501. The van der Waals surface area contributed by atoms with Gasteiger partial charge in [-0.2, -0.15) is 8.78 Å². The van der Waals surface area contributed by atoms with E-state index in [-0.39, 0.29) is 42.0 Å². The number of pyridine rings is 2. The summed E-state index contributed by atoms with van der Waals surface area (Å²) in [6, 6.07) is 3.65. The van der Waals surface area contributed by atoms with E-state index < -0.39 is 18.3 Å². The average Bonchev–Trinajstić information content (AvgIpc) is 2.63. The predicted octanol–water partition coefficient (Wildman–Crippen LogP) is 2.28. The van der Waals surface area contributed by atoms with Gasteiger partial charge in [-0.1, -0.05) is 0 Å². The Morgan fingerprint density at radius 3 is 2.79 bits per heavy atom. The van der Waals surface area contributed by atoms with Crippen molar-refractivity contribution in [3.05, 3.63) is 47.2 Å². The highest BCUT2D eigenvalue weighted by Crippen LogP contribution is 2.18. The van der Waals surface area contributed by atoms with E-state index in [1.54, 1.807) is 0 Å². The van der Waals surface area contributed by atoms with Crippen LogP contribution in [0.1, 0.15) is 21.7 Å². The maximum absolute atomic E-state index is 13.9. The van der Waals surface area contributed by atoms with Crippen molar-refractivity contribution < 1.29 is 27.4 Å². The highest BCUT2D eigenvalue weighted by Gasteiger charge is 2.15. The Morgan fingerprint density at radius 2 is 2.14 bits per heavy atom. The first-order valence-corrected chi connectivity index (χ1v) is 8.03. The largest absolute Gasteiger partial charge is 0.465 e. The third kappa shape index (κ3) is 5.83. The van der Waals surface area contributed by atoms with Gasteiger partial charge in [-0.3, -0.25) is 4.79 Å². The molecule has 0 unspecified atom stereocenters. The van der Waals surface area contributed by atoms with E-state index in [0.29, 0.717) is 5.56 Å². The number of alkyl halides is 2. The maximum atomic E-state index is 13.9. The van der Waals surface area contributed by atoms with Crippen LogP contribution in [0.25, 0.3) is 0 Å². The Kier molecular flexibility index (Phi) is 7.13. The van der Waals surface area contributed by atoms with Crippen molar-refractivity contribution >= 4 is 17.7 Å². The third-order valence-corrected chi connectivity index (χ3v) is 3.46. The second-order valence-electron chi connectivity index (χ2n) is 5.45. The summed E-state index contributed by atoms with van der Waals surface area (Å²) in [4.78, 5) is 23.8. The number of halogens is 3. The number of amidine groups is 1. The number of hydrogen-bond donors (Lipinski definition) is 2. The van der Waals surface area contributed by atoms with E-state index in [4.69, 9.17) is 10.5 Å². The molecule has 0 atom stereocenters. The highest BCUT2D eigenvalue weighted by molar-refractivity contribution is 6.03. The van der Waals surface area contributed by atoms with E-state index in [2.05, 4.69) is 25.0 Å². The maximum Gasteiger partial charge on any atom is 0.387 e. The monoisotopic (exact) mass is 397 g/mol. The van der Waals surface area contributed by atoms with E-state index in [1.807, 2.05) is 0 Å². The van der Waals surface area contributed by atoms with Crippen molar-refractivity contribution in [3.8, 4) is 5.75 Å². The number of carbonyl (C=O) groups excluding carboxylic acids is 1. The minimum Gasteiger partial charge on any atom is -0.465 e. The first-order chi connectivity index (χ1) is 13.3. The molecule has 2 aromatic rings. The van der Waals surface area contributed by atoms with Gasteiger partial charge in [0.15, 0.2) is 0 Å².